The summed E-state index contributed by atoms with van der Waals surface area (Å²) in [5, 5.41) is 10.2. The quantitative estimate of drug-likeness (QED) is 0.595. The summed E-state index contributed by atoms with van der Waals surface area (Å²) in [6.45, 7) is 1.24. The summed E-state index contributed by atoms with van der Waals surface area (Å²) in [4.78, 5) is 29.8. The van der Waals surface area contributed by atoms with E-state index in [9.17, 15) is 9.70 Å². The highest BCUT2D eigenvalue weighted by atomic mass is 16.3. The lowest BCUT2D eigenvalue weighted by molar-refractivity contribution is 0.0926. The van der Waals surface area contributed by atoms with Gasteiger partial charge < -0.3 is 20.0 Å². The van der Waals surface area contributed by atoms with E-state index in [4.69, 9.17) is 4.42 Å². The van der Waals surface area contributed by atoms with Gasteiger partial charge in [-0.1, -0.05) is 11.2 Å². The number of furan rings is 1. The summed E-state index contributed by atoms with van der Waals surface area (Å²) >= 11 is 0. The van der Waals surface area contributed by atoms with Gasteiger partial charge in [0.25, 0.3) is 5.91 Å². The van der Waals surface area contributed by atoms with Crippen LogP contribution in [-0.4, -0.2) is 43.0 Å². The summed E-state index contributed by atoms with van der Waals surface area (Å²) in [6.07, 6.45) is 4.82. The molecule has 0 saturated heterocycles. The highest BCUT2D eigenvalue weighted by molar-refractivity contribution is 6.07. The lowest BCUT2D eigenvalue weighted by Crippen LogP contribution is -2.31. The van der Waals surface area contributed by atoms with Crippen LogP contribution in [0, 0.1) is 4.91 Å². The maximum Gasteiger partial charge on any atom is 0.289 e. The number of nitrogens with zero attached hydrogens (tertiary/aromatic N) is 3. The van der Waals surface area contributed by atoms with E-state index in [2.05, 4.69) is 20.8 Å². The topological polar surface area (TPSA) is 99.8 Å². The van der Waals surface area contributed by atoms with Crippen LogP contribution in [0.1, 0.15) is 34.1 Å². The molecule has 8 nitrogen and oxygen atoms in total. The third-order valence-corrected chi connectivity index (χ3v) is 5.13. The van der Waals surface area contributed by atoms with Crippen molar-refractivity contribution in [3.63, 3.8) is 0 Å². The fourth-order valence-corrected chi connectivity index (χ4v) is 3.64. The van der Waals surface area contributed by atoms with E-state index in [0.717, 1.165) is 41.6 Å². The number of fused-ring (bicyclic) bond motifs is 2. The standard InChI is InChI=1S/C21H23N5O3/c1-26(2)10-9-23-21(27)20-19(16-7-8-22-12-18(16)29-20)24-14-4-5-15-13(11-14)3-6-17(15)25-28/h4-5,7-8,11-12,17,24H,3,6,9-10H2,1-2H3,(H,23,27). The first-order valence-electron chi connectivity index (χ1n) is 9.58. The predicted molar refractivity (Wildman–Crippen MR) is 111 cm³/mol. The first-order chi connectivity index (χ1) is 14.1. The summed E-state index contributed by atoms with van der Waals surface area (Å²) in [6, 6.07) is 7.39. The number of hydrogen-bond acceptors (Lipinski definition) is 7. The second-order valence-electron chi connectivity index (χ2n) is 7.44. The SMILES string of the molecule is CN(C)CCNC(=O)c1oc2cnccc2c1Nc1ccc2c(c1)CCC2N=O. The van der Waals surface area contributed by atoms with Gasteiger partial charge in [0.05, 0.1) is 11.9 Å². The molecule has 29 heavy (non-hydrogen) atoms. The Morgan fingerprint density at radius 1 is 1.34 bits per heavy atom. The first kappa shape index (κ1) is 19.1. The van der Waals surface area contributed by atoms with Crippen molar-refractivity contribution in [3.8, 4) is 0 Å². The molecular weight excluding hydrogens is 370 g/mol. The predicted octanol–water partition coefficient (Wildman–Crippen LogP) is 3.62. The number of anilines is 2. The molecule has 2 N–H and O–H groups in total. The van der Waals surface area contributed by atoms with Crippen molar-refractivity contribution in [2.24, 2.45) is 5.18 Å². The molecule has 2 heterocycles. The van der Waals surface area contributed by atoms with Crippen molar-refractivity contribution in [1.29, 1.82) is 0 Å². The number of nitrogens with one attached hydrogen (secondary N) is 2. The Bertz CT molecular complexity index is 1060. The van der Waals surface area contributed by atoms with E-state index in [0.29, 0.717) is 17.8 Å². The van der Waals surface area contributed by atoms with Crippen LogP contribution < -0.4 is 10.6 Å². The van der Waals surface area contributed by atoms with Crippen molar-refractivity contribution in [3.05, 3.63) is 58.5 Å². The molecule has 150 valence electrons. The monoisotopic (exact) mass is 393 g/mol. The molecule has 1 aliphatic carbocycles. The number of rotatable bonds is 7. The number of pyridine rings is 1. The van der Waals surface area contributed by atoms with Gasteiger partial charge in [0.15, 0.2) is 5.58 Å². The van der Waals surface area contributed by atoms with Crippen molar-refractivity contribution < 1.29 is 9.21 Å². The number of benzene rings is 1. The third kappa shape index (κ3) is 3.84. The normalized spacial score (nSPS) is 15.5. The minimum absolute atomic E-state index is 0.222. The van der Waals surface area contributed by atoms with Crippen LogP contribution in [0.4, 0.5) is 11.4 Å². The Kier molecular flexibility index (Phi) is 5.26. The van der Waals surface area contributed by atoms with Crippen LogP contribution in [0.5, 0.6) is 0 Å². The molecule has 0 spiro atoms. The lowest BCUT2D eigenvalue weighted by atomic mass is 10.1. The molecule has 1 aliphatic rings. The molecule has 1 amide bonds. The summed E-state index contributed by atoms with van der Waals surface area (Å²) in [5.74, 6) is -0.0587. The van der Waals surface area contributed by atoms with Crippen LogP contribution in [0.25, 0.3) is 11.0 Å². The molecule has 1 atom stereocenters. The zero-order valence-corrected chi connectivity index (χ0v) is 16.4. The molecule has 1 unspecified atom stereocenters. The third-order valence-electron chi connectivity index (χ3n) is 5.13. The molecule has 2 aromatic heterocycles. The molecule has 0 radical (unpaired) electrons. The molecule has 0 fully saturated rings. The number of amides is 1. The zero-order valence-electron chi connectivity index (χ0n) is 16.4. The molecule has 4 rings (SSSR count). The summed E-state index contributed by atoms with van der Waals surface area (Å²) in [7, 11) is 3.90. The van der Waals surface area contributed by atoms with Gasteiger partial charge in [-0.25, -0.2) is 0 Å². The van der Waals surface area contributed by atoms with Crippen LogP contribution >= 0.6 is 0 Å². The van der Waals surface area contributed by atoms with Gasteiger partial charge in [-0.3, -0.25) is 9.78 Å². The maximum absolute atomic E-state index is 12.7. The average Bonchev–Trinajstić information content (AvgIpc) is 3.29. The number of carbonyl (C=O) groups excluding carboxylic acids is 1. The second-order valence-corrected chi connectivity index (χ2v) is 7.44. The van der Waals surface area contributed by atoms with E-state index in [1.165, 1.54) is 0 Å². The van der Waals surface area contributed by atoms with Crippen molar-refractivity contribution >= 4 is 28.3 Å². The van der Waals surface area contributed by atoms with E-state index in [-0.39, 0.29) is 17.7 Å². The van der Waals surface area contributed by atoms with Gasteiger partial charge in [0, 0.05) is 30.4 Å². The van der Waals surface area contributed by atoms with E-state index in [1.54, 1.807) is 12.4 Å². The number of hydrogen-bond donors (Lipinski definition) is 2. The van der Waals surface area contributed by atoms with Gasteiger partial charge in [0.2, 0.25) is 5.76 Å². The fourth-order valence-electron chi connectivity index (χ4n) is 3.64. The minimum atomic E-state index is -0.281. The number of aryl methyl sites for hydroxylation is 1. The van der Waals surface area contributed by atoms with Gasteiger partial charge in [-0.15, -0.1) is 0 Å². The molecule has 3 aromatic rings. The second kappa shape index (κ2) is 8.00. The number of nitroso groups, excluding NO2 is 1. The molecule has 8 heteroatoms. The van der Waals surface area contributed by atoms with Crippen molar-refractivity contribution in [2.75, 3.05) is 32.5 Å². The Morgan fingerprint density at radius 2 is 2.21 bits per heavy atom. The highest BCUT2D eigenvalue weighted by Gasteiger charge is 2.25. The van der Waals surface area contributed by atoms with Crippen LogP contribution in [0.3, 0.4) is 0 Å². The first-order valence-corrected chi connectivity index (χ1v) is 9.58. The van der Waals surface area contributed by atoms with E-state index >= 15 is 0 Å². The van der Waals surface area contributed by atoms with Crippen molar-refractivity contribution in [1.82, 2.24) is 15.2 Å². The van der Waals surface area contributed by atoms with Gasteiger partial charge in [0.1, 0.15) is 6.04 Å². The maximum atomic E-state index is 12.7. The molecule has 0 aliphatic heterocycles. The smallest absolute Gasteiger partial charge is 0.289 e. The van der Waals surface area contributed by atoms with E-state index in [1.807, 2.05) is 43.3 Å². The Balaban J connectivity index is 1.64. The number of likely N-dealkylation sites (N-methyl/N-ethyl adjacent to an activating group) is 1. The summed E-state index contributed by atoms with van der Waals surface area (Å²) in [5.41, 5.74) is 4.06. The van der Waals surface area contributed by atoms with E-state index < -0.39 is 0 Å². The highest BCUT2D eigenvalue weighted by Crippen LogP contribution is 2.37. The molecule has 1 aromatic carbocycles. The Hall–Kier alpha value is -3.26. The number of carbonyl (C=O) groups is 1. The molecule has 0 bridgehead atoms. The van der Waals surface area contributed by atoms with Crippen LogP contribution in [0.15, 0.2) is 46.3 Å². The minimum Gasteiger partial charge on any atom is -0.447 e. The Morgan fingerprint density at radius 3 is 3.00 bits per heavy atom. The Labute approximate surface area is 168 Å². The van der Waals surface area contributed by atoms with Crippen LogP contribution in [-0.2, 0) is 6.42 Å². The van der Waals surface area contributed by atoms with Crippen molar-refractivity contribution in [2.45, 2.75) is 18.9 Å². The summed E-state index contributed by atoms with van der Waals surface area (Å²) < 4.78 is 5.81. The largest absolute Gasteiger partial charge is 0.447 e. The number of aromatic nitrogens is 1. The molecule has 0 saturated carbocycles. The lowest BCUT2D eigenvalue weighted by Gasteiger charge is -2.11. The average molecular weight is 393 g/mol. The van der Waals surface area contributed by atoms with Gasteiger partial charge in [-0.2, -0.15) is 4.91 Å². The zero-order chi connectivity index (χ0) is 20.4. The molecular formula is C21H23N5O3. The van der Waals surface area contributed by atoms with Gasteiger partial charge >= 0.3 is 0 Å². The van der Waals surface area contributed by atoms with Crippen LogP contribution in [0.2, 0.25) is 0 Å². The fraction of sp³-hybridized carbons (Fsp3) is 0.333. The van der Waals surface area contributed by atoms with Gasteiger partial charge in [-0.05, 0) is 56.3 Å².